The molecule has 0 bridgehead atoms. The SMILES string of the molecule is N/C(=N/O)c1cccc(SCc2ccccc2Cl)n1. The summed E-state index contributed by atoms with van der Waals surface area (Å²) >= 11 is 7.63. The fourth-order valence-corrected chi connectivity index (χ4v) is 2.63. The molecule has 0 unspecified atom stereocenters. The third kappa shape index (κ3) is 3.62. The second kappa shape index (κ2) is 6.45. The third-order valence-corrected chi connectivity index (χ3v) is 3.77. The fourth-order valence-electron chi connectivity index (χ4n) is 1.46. The van der Waals surface area contributed by atoms with Crippen LogP contribution < -0.4 is 5.73 Å². The van der Waals surface area contributed by atoms with Gasteiger partial charge in [-0.1, -0.05) is 41.0 Å². The van der Waals surface area contributed by atoms with Gasteiger partial charge in [-0.3, -0.25) is 0 Å². The lowest BCUT2D eigenvalue weighted by Crippen LogP contribution is -2.14. The molecule has 19 heavy (non-hydrogen) atoms. The van der Waals surface area contributed by atoms with Crippen molar-refractivity contribution in [1.29, 1.82) is 0 Å². The van der Waals surface area contributed by atoms with Crippen molar-refractivity contribution in [2.75, 3.05) is 0 Å². The Kier molecular flexibility index (Phi) is 4.65. The van der Waals surface area contributed by atoms with Gasteiger partial charge in [-0.05, 0) is 23.8 Å². The normalized spacial score (nSPS) is 11.5. The number of aromatic nitrogens is 1. The molecule has 1 aromatic heterocycles. The number of hydrogen-bond acceptors (Lipinski definition) is 4. The molecule has 6 heteroatoms. The summed E-state index contributed by atoms with van der Waals surface area (Å²) in [5, 5.41) is 13.1. The van der Waals surface area contributed by atoms with Gasteiger partial charge < -0.3 is 10.9 Å². The molecule has 0 aliphatic heterocycles. The fraction of sp³-hybridized carbons (Fsp3) is 0.0769. The Hall–Kier alpha value is -1.72. The van der Waals surface area contributed by atoms with Gasteiger partial charge in [-0.2, -0.15) is 0 Å². The van der Waals surface area contributed by atoms with Crippen LogP contribution >= 0.6 is 23.4 Å². The van der Waals surface area contributed by atoms with Gasteiger partial charge in [0.1, 0.15) is 5.69 Å². The average molecular weight is 294 g/mol. The maximum absolute atomic E-state index is 8.62. The Bertz CT molecular complexity index is 604. The first-order valence-electron chi connectivity index (χ1n) is 5.52. The van der Waals surface area contributed by atoms with Crippen LogP contribution in [0.4, 0.5) is 0 Å². The van der Waals surface area contributed by atoms with Gasteiger partial charge in [-0.25, -0.2) is 4.98 Å². The van der Waals surface area contributed by atoms with Crippen LogP contribution in [-0.2, 0) is 5.75 Å². The molecule has 2 aromatic rings. The van der Waals surface area contributed by atoms with E-state index in [1.807, 2.05) is 36.4 Å². The largest absolute Gasteiger partial charge is 0.409 e. The number of oxime groups is 1. The summed E-state index contributed by atoms with van der Waals surface area (Å²) in [5.41, 5.74) is 7.00. The van der Waals surface area contributed by atoms with Gasteiger partial charge >= 0.3 is 0 Å². The van der Waals surface area contributed by atoms with Crippen LogP contribution in [0.5, 0.6) is 0 Å². The number of nitrogens with zero attached hydrogens (tertiary/aromatic N) is 2. The Morgan fingerprint density at radius 1 is 1.26 bits per heavy atom. The third-order valence-electron chi connectivity index (χ3n) is 2.43. The number of halogens is 1. The van der Waals surface area contributed by atoms with Crippen molar-refractivity contribution in [2.24, 2.45) is 10.9 Å². The molecule has 0 atom stereocenters. The van der Waals surface area contributed by atoms with Crippen molar-refractivity contribution >= 4 is 29.2 Å². The van der Waals surface area contributed by atoms with E-state index >= 15 is 0 Å². The van der Waals surface area contributed by atoms with E-state index in [4.69, 9.17) is 22.5 Å². The van der Waals surface area contributed by atoms with E-state index in [0.29, 0.717) is 11.4 Å². The summed E-state index contributed by atoms with van der Waals surface area (Å²) in [4.78, 5) is 4.29. The highest BCUT2D eigenvalue weighted by atomic mass is 35.5. The lowest BCUT2D eigenvalue weighted by atomic mass is 10.2. The zero-order chi connectivity index (χ0) is 13.7. The van der Waals surface area contributed by atoms with Crippen molar-refractivity contribution in [3.05, 3.63) is 58.7 Å². The average Bonchev–Trinajstić information content (AvgIpc) is 2.46. The minimum Gasteiger partial charge on any atom is -0.409 e. The van der Waals surface area contributed by atoms with Gasteiger partial charge in [0.05, 0.1) is 5.03 Å². The van der Waals surface area contributed by atoms with E-state index in [-0.39, 0.29) is 5.84 Å². The van der Waals surface area contributed by atoms with Crippen LogP contribution in [0.3, 0.4) is 0 Å². The van der Waals surface area contributed by atoms with E-state index in [0.717, 1.165) is 15.6 Å². The summed E-state index contributed by atoms with van der Waals surface area (Å²) in [6, 6.07) is 13.1. The molecule has 0 saturated carbocycles. The molecule has 3 N–H and O–H groups in total. The molecule has 0 spiro atoms. The quantitative estimate of drug-likeness (QED) is 0.299. The minimum absolute atomic E-state index is 0.000179. The van der Waals surface area contributed by atoms with Crippen molar-refractivity contribution < 1.29 is 5.21 Å². The first-order chi connectivity index (χ1) is 9.20. The number of pyridine rings is 1. The van der Waals surface area contributed by atoms with Gasteiger partial charge in [0.2, 0.25) is 0 Å². The van der Waals surface area contributed by atoms with Crippen molar-refractivity contribution in [3.63, 3.8) is 0 Å². The molecule has 0 saturated heterocycles. The molecular weight excluding hydrogens is 282 g/mol. The molecular formula is C13H12ClN3OS. The van der Waals surface area contributed by atoms with Crippen LogP contribution in [0.1, 0.15) is 11.3 Å². The van der Waals surface area contributed by atoms with E-state index < -0.39 is 0 Å². The second-order valence-electron chi connectivity index (χ2n) is 3.73. The topological polar surface area (TPSA) is 71.5 Å². The van der Waals surface area contributed by atoms with Crippen LogP contribution in [0.25, 0.3) is 0 Å². The molecule has 0 aliphatic rings. The highest BCUT2D eigenvalue weighted by molar-refractivity contribution is 7.98. The van der Waals surface area contributed by atoms with E-state index in [1.165, 1.54) is 0 Å². The zero-order valence-electron chi connectivity index (χ0n) is 9.95. The molecule has 1 aromatic carbocycles. The maximum Gasteiger partial charge on any atom is 0.188 e. The molecule has 4 nitrogen and oxygen atoms in total. The number of amidine groups is 1. The van der Waals surface area contributed by atoms with Crippen LogP contribution in [0.15, 0.2) is 52.6 Å². The number of rotatable bonds is 4. The monoisotopic (exact) mass is 293 g/mol. The highest BCUT2D eigenvalue weighted by Crippen LogP contribution is 2.25. The molecule has 0 aliphatic carbocycles. The minimum atomic E-state index is 0.000179. The van der Waals surface area contributed by atoms with Crippen LogP contribution in [0, 0.1) is 0 Å². The summed E-state index contributed by atoms with van der Waals surface area (Å²) in [7, 11) is 0. The Balaban J connectivity index is 2.10. The maximum atomic E-state index is 8.62. The molecule has 0 amide bonds. The summed E-state index contributed by atoms with van der Waals surface area (Å²) < 4.78 is 0. The van der Waals surface area contributed by atoms with Gasteiger partial charge in [0.25, 0.3) is 0 Å². The highest BCUT2D eigenvalue weighted by Gasteiger charge is 2.04. The lowest BCUT2D eigenvalue weighted by Gasteiger charge is -2.05. The van der Waals surface area contributed by atoms with E-state index in [2.05, 4.69) is 10.1 Å². The van der Waals surface area contributed by atoms with Crippen molar-refractivity contribution in [2.45, 2.75) is 10.8 Å². The smallest absolute Gasteiger partial charge is 0.188 e. The second-order valence-corrected chi connectivity index (χ2v) is 5.13. The molecule has 2 rings (SSSR count). The lowest BCUT2D eigenvalue weighted by molar-refractivity contribution is 0.318. The van der Waals surface area contributed by atoms with Gasteiger partial charge in [0, 0.05) is 10.8 Å². The predicted octanol–water partition coefficient (Wildman–Crippen LogP) is 3.12. The Morgan fingerprint density at radius 3 is 2.79 bits per heavy atom. The number of nitrogens with two attached hydrogens (primary N) is 1. The molecule has 98 valence electrons. The number of thioether (sulfide) groups is 1. The standard InChI is InChI=1S/C13H12ClN3OS/c14-10-5-2-1-4-9(10)8-19-12-7-3-6-11(16-12)13(15)17-18/h1-7,18H,8H2,(H2,15,17). The Labute approximate surface area is 120 Å². The zero-order valence-corrected chi connectivity index (χ0v) is 11.5. The van der Waals surface area contributed by atoms with E-state index in [1.54, 1.807) is 17.8 Å². The van der Waals surface area contributed by atoms with Crippen molar-refractivity contribution in [3.8, 4) is 0 Å². The molecule has 0 radical (unpaired) electrons. The predicted molar refractivity (Wildman–Crippen MR) is 77.8 cm³/mol. The van der Waals surface area contributed by atoms with Gasteiger partial charge in [0.15, 0.2) is 5.84 Å². The molecule has 0 fully saturated rings. The Morgan fingerprint density at radius 2 is 2.05 bits per heavy atom. The van der Waals surface area contributed by atoms with Crippen molar-refractivity contribution in [1.82, 2.24) is 4.98 Å². The summed E-state index contributed by atoms with van der Waals surface area (Å²) in [5.74, 6) is 0.715. The first kappa shape index (κ1) is 13.7. The first-order valence-corrected chi connectivity index (χ1v) is 6.88. The van der Waals surface area contributed by atoms with Crippen LogP contribution in [-0.4, -0.2) is 16.0 Å². The number of benzene rings is 1. The van der Waals surface area contributed by atoms with E-state index in [9.17, 15) is 0 Å². The molecule has 1 heterocycles. The number of hydrogen-bond donors (Lipinski definition) is 2. The summed E-state index contributed by atoms with van der Waals surface area (Å²) in [6.45, 7) is 0. The van der Waals surface area contributed by atoms with Crippen LogP contribution in [0.2, 0.25) is 5.02 Å². The van der Waals surface area contributed by atoms with Gasteiger partial charge in [-0.15, -0.1) is 11.8 Å². The summed E-state index contributed by atoms with van der Waals surface area (Å²) in [6.07, 6.45) is 0.